The molecule has 14 heavy (non-hydrogen) atoms. The topological polar surface area (TPSA) is 43.8 Å². The van der Waals surface area contributed by atoms with Crippen LogP contribution in [0.4, 0.5) is 10.5 Å². The molecule has 74 valence electrons. The van der Waals surface area contributed by atoms with Crippen molar-refractivity contribution in [3.05, 3.63) is 24.3 Å². The first-order valence-corrected chi connectivity index (χ1v) is 4.50. The lowest BCUT2D eigenvalue weighted by Crippen LogP contribution is -2.28. The summed E-state index contributed by atoms with van der Waals surface area (Å²) in [6.45, 7) is 1.41. The van der Waals surface area contributed by atoms with Crippen LogP contribution in [0.1, 0.15) is 0 Å². The van der Waals surface area contributed by atoms with Crippen LogP contribution in [0.2, 0.25) is 0 Å². The largest absolute Gasteiger partial charge is 0.508 e. The molecule has 1 fully saturated rings. The highest BCUT2D eigenvalue weighted by Gasteiger charge is 2.26. The number of phenols is 1. The van der Waals surface area contributed by atoms with E-state index in [1.54, 1.807) is 35.0 Å². The molecule has 1 aliphatic heterocycles. The molecule has 0 bridgehead atoms. The van der Waals surface area contributed by atoms with Crippen molar-refractivity contribution in [2.24, 2.45) is 0 Å². The molecular formula is C10H12N2O2. The summed E-state index contributed by atoms with van der Waals surface area (Å²) in [7, 11) is 1.77. The van der Waals surface area contributed by atoms with Gasteiger partial charge in [0.2, 0.25) is 0 Å². The predicted octanol–water partition coefficient (Wildman–Crippen LogP) is 1.26. The van der Waals surface area contributed by atoms with Crippen molar-refractivity contribution in [3.8, 4) is 5.75 Å². The van der Waals surface area contributed by atoms with Crippen LogP contribution in [0.5, 0.6) is 5.75 Å². The lowest BCUT2D eigenvalue weighted by atomic mass is 10.3. The molecule has 4 nitrogen and oxygen atoms in total. The monoisotopic (exact) mass is 192 g/mol. The average molecular weight is 192 g/mol. The maximum absolute atomic E-state index is 11.6. The molecule has 1 saturated heterocycles. The summed E-state index contributed by atoms with van der Waals surface area (Å²) in [4.78, 5) is 14.9. The summed E-state index contributed by atoms with van der Waals surface area (Å²) in [5.74, 6) is 0.185. The van der Waals surface area contributed by atoms with Crippen LogP contribution >= 0.6 is 0 Å². The van der Waals surface area contributed by atoms with Crippen molar-refractivity contribution in [2.45, 2.75) is 0 Å². The van der Waals surface area contributed by atoms with Gasteiger partial charge in [0.05, 0.1) is 0 Å². The average Bonchev–Trinajstić information content (AvgIpc) is 2.48. The van der Waals surface area contributed by atoms with Crippen molar-refractivity contribution < 1.29 is 9.90 Å². The van der Waals surface area contributed by atoms with Crippen LogP contribution in [0.25, 0.3) is 0 Å². The maximum atomic E-state index is 11.6. The second-order valence-corrected chi connectivity index (χ2v) is 3.38. The second kappa shape index (κ2) is 3.21. The van der Waals surface area contributed by atoms with E-state index in [1.807, 2.05) is 6.07 Å². The van der Waals surface area contributed by atoms with Gasteiger partial charge in [0.15, 0.2) is 0 Å². The van der Waals surface area contributed by atoms with Crippen molar-refractivity contribution in [2.75, 3.05) is 25.0 Å². The van der Waals surface area contributed by atoms with Crippen LogP contribution in [0.3, 0.4) is 0 Å². The predicted molar refractivity (Wildman–Crippen MR) is 53.5 cm³/mol. The molecule has 0 spiro atoms. The smallest absolute Gasteiger partial charge is 0.324 e. The summed E-state index contributed by atoms with van der Waals surface area (Å²) in [6.07, 6.45) is 0. The fraction of sp³-hybridized carbons (Fsp3) is 0.300. The Labute approximate surface area is 82.4 Å². The van der Waals surface area contributed by atoms with Crippen LogP contribution in [0.15, 0.2) is 24.3 Å². The third-order valence-electron chi connectivity index (χ3n) is 2.36. The van der Waals surface area contributed by atoms with Crippen LogP contribution < -0.4 is 4.90 Å². The molecule has 0 saturated carbocycles. The van der Waals surface area contributed by atoms with Gasteiger partial charge in [-0.1, -0.05) is 6.07 Å². The van der Waals surface area contributed by atoms with Gasteiger partial charge in [-0.15, -0.1) is 0 Å². The minimum atomic E-state index is -0.0180. The summed E-state index contributed by atoms with van der Waals surface area (Å²) in [5, 5.41) is 9.27. The molecule has 1 N–H and O–H groups in total. The van der Waals surface area contributed by atoms with E-state index in [0.717, 1.165) is 12.2 Å². The zero-order valence-electron chi connectivity index (χ0n) is 7.97. The fourth-order valence-corrected chi connectivity index (χ4v) is 1.55. The Morgan fingerprint density at radius 2 is 2.14 bits per heavy atom. The number of anilines is 1. The van der Waals surface area contributed by atoms with E-state index in [9.17, 15) is 9.90 Å². The number of rotatable bonds is 1. The Balaban J connectivity index is 2.28. The van der Waals surface area contributed by atoms with Gasteiger partial charge in [-0.3, -0.25) is 4.90 Å². The number of nitrogens with zero attached hydrogens (tertiary/aromatic N) is 2. The number of hydrogen-bond acceptors (Lipinski definition) is 2. The lowest BCUT2D eigenvalue weighted by Gasteiger charge is -2.15. The Kier molecular flexibility index (Phi) is 2.04. The highest BCUT2D eigenvalue weighted by atomic mass is 16.3. The molecule has 0 unspecified atom stereocenters. The number of carbonyl (C=O) groups is 1. The van der Waals surface area contributed by atoms with E-state index in [0.29, 0.717) is 6.54 Å². The number of phenolic OH excluding ortho intramolecular Hbond substituents is 1. The van der Waals surface area contributed by atoms with Gasteiger partial charge in [0.25, 0.3) is 0 Å². The molecule has 0 aliphatic carbocycles. The van der Waals surface area contributed by atoms with Gasteiger partial charge in [0.1, 0.15) is 5.75 Å². The van der Waals surface area contributed by atoms with Gasteiger partial charge >= 0.3 is 6.03 Å². The number of benzene rings is 1. The molecular weight excluding hydrogens is 180 g/mol. The van der Waals surface area contributed by atoms with Gasteiger partial charge in [-0.05, 0) is 12.1 Å². The maximum Gasteiger partial charge on any atom is 0.324 e. The molecule has 1 aromatic carbocycles. The summed E-state index contributed by atoms with van der Waals surface area (Å²) in [5.41, 5.74) is 0.749. The minimum absolute atomic E-state index is 0.0180. The van der Waals surface area contributed by atoms with E-state index in [4.69, 9.17) is 0 Å². The summed E-state index contributed by atoms with van der Waals surface area (Å²) >= 11 is 0. The Morgan fingerprint density at radius 3 is 2.71 bits per heavy atom. The van der Waals surface area contributed by atoms with Crippen LogP contribution in [-0.2, 0) is 0 Å². The van der Waals surface area contributed by atoms with E-state index < -0.39 is 0 Å². The Hall–Kier alpha value is -1.71. The first-order valence-electron chi connectivity index (χ1n) is 4.50. The SMILES string of the molecule is CN1CCN(c2cccc(O)c2)C1=O. The fourth-order valence-electron chi connectivity index (χ4n) is 1.55. The Morgan fingerprint density at radius 1 is 1.36 bits per heavy atom. The van der Waals surface area contributed by atoms with Crippen molar-refractivity contribution in [1.82, 2.24) is 4.90 Å². The van der Waals surface area contributed by atoms with Crippen LogP contribution in [-0.4, -0.2) is 36.2 Å². The van der Waals surface area contributed by atoms with E-state index in [2.05, 4.69) is 0 Å². The lowest BCUT2D eigenvalue weighted by molar-refractivity contribution is 0.229. The molecule has 1 aromatic rings. The minimum Gasteiger partial charge on any atom is -0.508 e. The Bertz CT molecular complexity index is 365. The first kappa shape index (κ1) is 8.87. The summed E-state index contributed by atoms with van der Waals surface area (Å²) < 4.78 is 0. The second-order valence-electron chi connectivity index (χ2n) is 3.38. The van der Waals surface area contributed by atoms with Gasteiger partial charge in [-0.25, -0.2) is 4.79 Å². The van der Waals surface area contributed by atoms with Crippen molar-refractivity contribution in [1.29, 1.82) is 0 Å². The number of carbonyl (C=O) groups excluding carboxylic acids is 1. The normalized spacial score (nSPS) is 16.5. The molecule has 2 rings (SSSR count). The van der Waals surface area contributed by atoms with E-state index >= 15 is 0 Å². The van der Waals surface area contributed by atoms with Gasteiger partial charge < -0.3 is 10.0 Å². The quantitative estimate of drug-likeness (QED) is 0.728. The van der Waals surface area contributed by atoms with E-state index in [1.165, 1.54) is 0 Å². The number of aromatic hydroxyl groups is 1. The molecule has 0 atom stereocenters. The van der Waals surface area contributed by atoms with Crippen molar-refractivity contribution >= 4 is 11.7 Å². The van der Waals surface area contributed by atoms with Gasteiger partial charge in [-0.2, -0.15) is 0 Å². The van der Waals surface area contributed by atoms with Crippen molar-refractivity contribution in [3.63, 3.8) is 0 Å². The van der Waals surface area contributed by atoms with Crippen LogP contribution in [0, 0.1) is 0 Å². The zero-order valence-corrected chi connectivity index (χ0v) is 7.97. The highest BCUT2D eigenvalue weighted by molar-refractivity contribution is 5.94. The number of likely N-dealkylation sites (N-methyl/N-ethyl adjacent to an activating group) is 1. The molecule has 2 amide bonds. The number of hydrogen-bond donors (Lipinski definition) is 1. The molecule has 0 radical (unpaired) electrons. The number of urea groups is 1. The third kappa shape index (κ3) is 1.39. The molecule has 4 heteroatoms. The highest BCUT2D eigenvalue weighted by Crippen LogP contribution is 2.23. The molecule has 1 heterocycles. The molecule has 0 aromatic heterocycles. The number of amides is 2. The summed E-state index contributed by atoms with van der Waals surface area (Å²) in [6, 6.07) is 6.72. The van der Waals surface area contributed by atoms with Gasteiger partial charge in [0, 0.05) is 31.9 Å². The zero-order chi connectivity index (χ0) is 10.1. The third-order valence-corrected chi connectivity index (χ3v) is 2.36. The standard InChI is InChI=1S/C10H12N2O2/c1-11-5-6-12(10(11)14)8-3-2-4-9(13)7-8/h2-4,7,13H,5-6H2,1H3. The molecule has 1 aliphatic rings. The first-order chi connectivity index (χ1) is 6.68. The van der Waals surface area contributed by atoms with E-state index in [-0.39, 0.29) is 11.8 Å².